The quantitative estimate of drug-likeness (QED) is 0.489. The first kappa shape index (κ1) is 16.7. The minimum Gasteiger partial charge on any atom is -0.346 e. The van der Waals surface area contributed by atoms with Crippen LogP contribution in [-0.4, -0.2) is 63.8 Å². The lowest BCUT2D eigenvalue weighted by Crippen LogP contribution is -3.02. The van der Waals surface area contributed by atoms with Crippen molar-refractivity contribution in [3.05, 3.63) is 0 Å². The van der Waals surface area contributed by atoms with Crippen molar-refractivity contribution in [2.24, 2.45) is 71.0 Å². The van der Waals surface area contributed by atoms with Crippen molar-refractivity contribution in [3.63, 3.8) is 0 Å². The second-order valence-corrected chi connectivity index (χ2v) is 15.6. The van der Waals surface area contributed by atoms with Gasteiger partial charge in [0.05, 0.1) is 46.2 Å². The minimum absolute atomic E-state index is 0.0104. The Balaban J connectivity index is 0.850. The molecule has 0 aromatic heterocycles. The van der Waals surface area contributed by atoms with Gasteiger partial charge in [-0.3, -0.25) is 0 Å². The molecule has 2 amide bonds. The number of halogens is 2. The minimum atomic E-state index is -0.415. The van der Waals surface area contributed by atoms with Gasteiger partial charge in [-0.25, -0.2) is 4.79 Å². The third kappa shape index (κ3) is 0.921. The highest BCUT2D eigenvalue weighted by molar-refractivity contribution is 9.10. The number of ether oxygens (including phenoxy) is 4. The highest BCUT2D eigenvalue weighted by Gasteiger charge is 3.11. The molecule has 2 heterocycles. The number of hydrogen-bond donors (Lipinski definition) is 2. The molecule has 0 aromatic carbocycles. The Morgan fingerprint density at radius 3 is 1.22 bits per heavy atom. The summed E-state index contributed by atoms with van der Waals surface area (Å²) in [7, 11) is 0. The van der Waals surface area contributed by atoms with E-state index in [1.807, 2.05) is 0 Å². The number of carbonyl (C=O) groups is 1. The second-order valence-electron chi connectivity index (χ2n) is 13.0. The molecule has 2 aliphatic heterocycles. The summed E-state index contributed by atoms with van der Waals surface area (Å²) in [6.45, 7) is 2.81. The monoisotopic (exact) mass is 564 g/mol. The summed E-state index contributed by atoms with van der Waals surface area (Å²) >= 11 is 8.23. The van der Waals surface area contributed by atoms with Crippen LogP contribution in [0, 0.1) is 71.0 Å². The Morgan fingerprint density at radius 2 is 0.875 bits per heavy atom. The van der Waals surface area contributed by atoms with Gasteiger partial charge in [0.2, 0.25) is 0 Å². The van der Waals surface area contributed by atoms with Gasteiger partial charge in [0.15, 0.2) is 11.6 Å². The number of rotatable bonds is 2. The predicted octanol–water partition coefficient (Wildman–Crippen LogP) is 1.05. The molecular formula is C23H22Br2N2O5. The number of hydrogen-bond acceptors (Lipinski definition) is 5. The number of urea groups is 1. The largest absolute Gasteiger partial charge is 0.346 e. The molecule has 14 fully saturated rings. The number of nitrogens with one attached hydrogen (secondary N) is 2. The predicted molar refractivity (Wildman–Crippen MR) is 112 cm³/mol. The van der Waals surface area contributed by atoms with E-state index >= 15 is 0 Å². The lowest BCUT2D eigenvalue weighted by molar-refractivity contribution is -0.397. The summed E-state index contributed by atoms with van der Waals surface area (Å²) < 4.78 is 25.1. The average molecular weight is 566 g/mol. The first-order valence-corrected chi connectivity index (χ1v) is 14.1. The number of amides is 2. The summed E-state index contributed by atoms with van der Waals surface area (Å²) in [6.07, 6.45) is 0. The second kappa shape index (κ2) is 3.88. The van der Waals surface area contributed by atoms with Crippen LogP contribution in [0.4, 0.5) is 4.79 Å². The molecule has 0 radical (unpaired) electrons. The molecule has 16 atom stereocenters. The molecule has 0 aromatic rings. The lowest BCUT2D eigenvalue weighted by Gasteiger charge is -2.92. The molecule has 14 rings (SSSR count). The normalized spacial score (nSPS) is 77.8. The Hall–Kier alpha value is 0.0700. The van der Waals surface area contributed by atoms with Crippen molar-refractivity contribution in [1.29, 1.82) is 0 Å². The van der Waals surface area contributed by atoms with E-state index in [4.69, 9.17) is 18.9 Å². The summed E-state index contributed by atoms with van der Waals surface area (Å²) in [5.41, 5.74) is 0.0368. The molecule has 2 spiro atoms. The molecule has 12 aliphatic carbocycles. The highest BCUT2D eigenvalue weighted by Crippen LogP contribution is 3.02. The van der Waals surface area contributed by atoms with Crippen LogP contribution in [0.15, 0.2) is 0 Å². The van der Waals surface area contributed by atoms with Gasteiger partial charge >= 0.3 is 6.03 Å². The van der Waals surface area contributed by atoms with Gasteiger partial charge in [0.1, 0.15) is 0 Å². The molecule has 12 saturated carbocycles. The highest BCUT2D eigenvalue weighted by atomic mass is 79.9. The fourth-order valence-corrected chi connectivity index (χ4v) is 17.4. The van der Waals surface area contributed by atoms with Gasteiger partial charge in [-0.1, -0.05) is 31.9 Å². The molecule has 2 N–H and O–H groups in total. The van der Waals surface area contributed by atoms with Gasteiger partial charge in [0, 0.05) is 11.8 Å². The van der Waals surface area contributed by atoms with Crippen molar-refractivity contribution in [2.75, 3.05) is 26.4 Å². The van der Waals surface area contributed by atoms with Gasteiger partial charge in [0.25, 0.3) is 0 Å². The Labute approximate surface area is 200 Å². The van der Waals surface area contributed by atoms with Crippen molar-refractivity contribution >= 4 is 37.9 Å². The maximum atomic E-state index is 13.4. The van der Waals surface area contributed by atoms with Crippen LogP contribution in [-0.2, 0) is 18.9 Å². The summed E-state index contributed by atoms with van der Waals surface area (Å²) in [5.74, 6) is 5.84. The Morgan fingerprint density at radius 1 is 0.562 bits per heavy atom. The fraction of sp³-hybridized carbons (Fsp3) is 0.957. The first-order chi connectivity index (χ1) is 15.5. The third-order valence-corrected chi connectivity index (χ3v) is 17.2. The Kier molecular flexibility index (Phi) is 2.02. The molecule has 32 heavy (non-hydrogen) atoms. The van der Waals surface area contributed by atoms with E-state index in [2.05, 4.69) is 42.5 Å². The molecule has 2 saturated heterocycles. The van der Waals surface area contributed by atoms with Crippen LogP contribution < -0.4 is 10.6 Å². The van der Waals surface area contributed by atoms with E-state index < -0.39 is 11.6 Å². The van der Waals surface area contributed by atoms with E-state index in [9.17, 15) is 4.79 Å². The zero-order chi connectivity index (χ0) is 20.6. The topological polar surface area (TPSA) is 78.1 Å². The van der Waals surface area contributed by atoms with E-state index in [0.717, 1.165) is 0 Å². The van der Waals surface area contributed by atoms with Crippen LogP contribution in [0.1, 0.15) is 0 Å². The van der Waals surface area contributed by atoms with Crippen LogP contribution >= 0.6 is 31.9 Å². The molecule has 7 nitrogen and oxygen atoms in total. The molecule has 8 unspecified atom stereocenters. The molecule has 9 heteroatoms. The SMILES string of the molecule is O=C(NC12C3[C@@H]4[C@H]1C1[C@H]2[C@@H]3C4(Br)C12OCCO2)NC12C3[C@@H]4[C@H]1C1[C@H]2[C@H]3C4(Br)C12OCCO2. The zero-order valence-corrected chi connectivity index (χ0v) is 20.2. The van der Waals surface area contributed by atoms with Crippen LogP contribution in [0.3, 0.4) is 0 Å². The fourth-order valence-electron chi connectivity index (χ4n) is 14.2. The average Bonchev–Trinajstić information content (AvgIpc) is 3.52. The summed E-state index contributed by atoms with van der Waals surface area (Å²) in [6, 6.07) is 0.0771. The van der Waals surface area contributed by atoms with E-state index in [1.54, 1.807) is 0 Å². The van der Waals surface area contributed by atoms with E-state index in [-0.39, 0.29) is 25.8 Å². The third-order valence-electron chi connectivity index (χ3n) is 13.9. The van der Waals surface area contributed by atoms with E-state index in [1.165, 1.54) is 0 Å². The number of carbonyl (C=O) groups excluding carboxylic acids is 1. The molecule has 4 bridgehead atoms. The van der Waals surface area contributed by atoms with Gasteiger partial charge < -0.3 is 29.6 Å². The maximum Gasteiger partial charge on any atom is 0.315 e. The van der Waals surface area contributed by atoms with Crippen molar-refractivity contribution < 1.29 is 23.7 Å². The van der Waals surface area contributed by atoms with Crippen molar-refractivity contribution in [2.45, 2.75) is 31.3 Å². The van der Waals surface area contributed by atoms with Crippen LogP contribution in [0.25, 0.3) is 0 Å². The van der Waals surface area contributed by atoms with Crippen LogP contribution in [0.5, 0.6) is 0 Å². The van der Waals surface area contributed by atoms with Gasteiger partial charge in [-0.05, 0) is 59.2 Å². The van der Waals surface area contributed by atoms with E-state index in [0.29, 0.717) is 97.4 Å². The lowest BCUT2D eigenvalue weighted by atomic mass is 9.16. The van der Waals surface area contributed by atoms with Crippen molar-refractivity contribution in [3.8, 4) is 0 Å². The summed E-state index contributed by atoms with van der Waals surface area (Å²) in [4.78, 5) is 13.4. The smallest absolute Gasteiger partial charge is 0.315 e. The molecule has 168 valence electrons. The standard InChI is InChI=1S/C23H22Br2N2O5/c24-20-11-5-12(20)8-15(22(20)29-1-2-30-22)7(11)18(5,8)26-17(28)27-19-6-13-9(19)16-10(19)14(6)21(13,25)23(16)31-3-4-32-23/h5-16H,1-4H2,(H2,26,27,28)/t5?,6?,7-,8+,9-,10+,11-,12-,13+,14-,15?,16?,18?,19?,20?,21?/m1/s1. The molecular weight excluding hydrogens is 544 g/mol. The van der Waals surface area contributed by atoms with Crippen LogP contribution in [0.2, 0.25) is 0 Å². The molecule has 14 aliphatic rings. The maximum absolute atomic E-state index is 13.4. The zero-order valence-electron chi connectivity index (χ0n) is 17.1. The van der Waals surface area contributed by atoms with Crippen molar-refractivity contribution in [1.82, 2.24) is 10.6 Å². The van der Waals surface area contributed by atoms with Gasteiger partial charge in [-0.15, -0.1) is 0 Å². The number of alkyl halides is 2. The summed E-state index contributed by atoms with van der Waals surface area (Å²) in [5, 5.41) is 7.13. The Bertz CT molecular complexity index is 1020. The van der Waals surface area contributed by atoms with Gasteiger partial charge in [-0.2, -0.15) is 0 Å². The first-order valence-electron chi connectivity index (χ1n) is 12.5.